The highest BCUT2D eigenvalue weighted by atomic mass is 16.5. The maximum Gasteiger partial charge on any atom is 0.119 e. The molecule has 0 aliphatic carbocycles. The van der Waals surface area contributed by atoms with E-state index in [1.54, 1.807) is 0 Å². The Kier molecular flexibility index (Phi) is 4.33. The summed E-state index contributed by atoms with van der Waals surface area (Å²) in [7, 11) is 0. The third kappa shape index (κ3) is 3.95. The molecule has 72 valence electrons. The number of benzene rings is 1. The molecule has 0 heterocycles. The van der Waals surface area contributed by atoms with Crippen molar-refractivity contribution in [1.29, 1.82) is 0 Å². The molecule has 0 fully saturated rings. The van der Waals surface area contributed by atoms with Crippen LogP contribution in [0.5, 0.6) is 5.75 Å². The number of rotatable bonds is 5. The number of ether oxygens (including phenoxy) is 1. The summed E-state index contributed by atoms with van der Waals surface area (Å²) in [4.78, 5) is 0. The highest BCUT2D eigenvalue weighted by Gasteiger charge is 1.92. The summed E-state index contributed by atoms with van der Waals surface area (Å²) < 4.78 is 5.53. The number of hydrogen-bond donors (Lipinski definition) is 1. The van der Waals surface area contributed by atoms with Gasteiger partial charge in [0, 0.05) is 6.54 Å². The Morgan fingerprint density at radius 2 is 2.23 bits per heavy atom. The van der Waals surface area contributed by atoms with Crippen molar-refractivity contribution in [3.63, 3.8) is 0 Å². The van der Waals surface area contributed by atoms with Crippen LogP contribution < -0.4 is 10.1 Å². The molecule has 13 heavy (non-hydrogen) atoms. The molecule has 0 aliphatic heterocycles. The van der Waals surface area contributed by atoms with Crippen LogP contribution in [0.2, 0.25) is 0 Å². The van der Waals surface area contributed by atoms with Crippen molar-refractivity contribution in [2.45, 2.75) is 13.8 Å². The summed E-state index contributed by atoms with van der Waals surface area (Å²) in [5.74, 6) is 0.956. The van der Waals surface area contributed by atoms with Gasteiger partial charge in [0.25, 0.3) is 0 Å². The topological polar surface area (TPSA) is 21.3 Å². The molecule has 1 aromatic rings. The first-order valence-electron chi connectivity index (χ1n) is 4.73. The predicted molar refractivity (Wildman–Crippen MR) is 55.2 cm³/mol. The van der Waals surface area contributed by atoms with Crippen molar-refractivity contribution in [3.8, 4) is 5.75 Å². The van der Waals surface area contributed by atoms with Crippen LogP contribution >= 0.6 is 0 Å². The number of likely N-dealkylation sites (N-methyl/N-ethyl adjacent to an activating group) is 1. The quantitative estimate of drug-likeness (QED) is 0.698. The Labute approximate surface area is 79.9 Å². The molecule has 1 rings (SSSR count). The zero-order valence-electron chi connectivity index (χ0n) is 8.34. The summed E-state index contributed by atoms with van der Waals surface area (Å²) in [6, 6.07) is 8.11. The highest BCUT2D eigenvalue weighted by molar-refractivity contribution is 5.27. The second kappa shape index (κ2) is 5.60. The van der Waals surface area contributed by atoms with Crippen LogP contribution in [-0.2, 0) is 0 Å². The van der Waals surface area contributed by atoms with Crippen LogP contribution in [0.3, 0.4) is 0 Å². The molecule has 0 aliphatic rings. The lowest BCUT2D eigenvalue weighted by Crippen LogP contribution is -2.20. The monoisotopic (exact) mass is 179 g/mol. The lowest BCUT2D eigenvalue weighted by atomic mass is 10.2. The Morgan fingerprint density at radius 1 is 1.38 bits per heavy atom. The van der Waals surface area contributed by atoms with Crippen LogP contribution in [0, 0.1) is 6.92 Å². The Bertz CT molecular complexity index is 248. The fraction of sp³-hybridized carbons (Fsp3) is 0.455. The van der Waals surface area contributed by atoms with Gasteiger partial charge in [-0.2, -0.15) is 0 Å². The molecule has 0 spiro atoms. The van der Waals surface area contributed by atoms with Gasteiger partial charge in [0.1, 0.15) is 12.4 Å². The van der Waals surface area contributed by atoms with E-state index in [-0.39, 0.29) is 0 Å². The van der Waals surface area contributed by atoms with Gasteiger partial charge in [-0.1, -0.05) is 19.1 Å². The second-order valence-electron chi connectivity index (χ2n) is 3.02. The van der Waals surface area contributed by atoms with E-state index >= 15 is 0 Å². The van der Waals surface area contributed by atoms with Crippen molar-refractivity contribution >= 4 is 0 Å². The first-order valence-corrected chi connectivity index (χ1v) is 4.73. The molecule has 2 nitrogen and oxygen atoms in total. The summed E-state index contributed by atoms with van der Waals surface area (Å²) in [5, 5.41) is 3.21. The third-order valence-electron chi connectivity index (χ3n) is 1.79. The van der Waals surface area contributed by atoms with Crippen LogP contribution in [0.25, 0.3) is 0 Å². The van der Waals surface area contributed by atoms with E-state index in [1.807, 2.05) is 18.2 Å². The van der Waals surface area contributed by atoms with Gasteiger partial charge < -0.3 is 10.1 Å². The molecule has 0 atom stereocenters. The lowest BCUT2D eigenvalue weighted by Gasteiger charge is -2.06. The van der Waals surface area contributed by atoms with E-state index in [4.69, 9.17) is 4.74 Å². The van der Waals surface area contributed by atoms with E-state index in [0.29, 0.717) is 0 Å². The van der Waals surface area contributed by atoms with Gasteiger partial charge in [-0.05, 0) is 31.2 Å². The smallest absolute Gasteiger partial charge is 0.119 e. The molecular weight excluding hydrogens is 162 g/mol. The fourth-order valence-corrected chi connectivity index (χ4v) is 1.12. The second-order valence-corrected chi connectivity index (χ2v) is 3.02. The van der Waals surface area contributed by atoms with Gasteiger partial charge in [0.15, 0.2) is 0 Å². The first kappa shape index (κ1) is 10.1. The van der Waals surface area contributed by atoms with Crippen molar-refractivity contribution < 1.29 is 4.74 Å². The summed E-state index contributed by atoms with van der Waals surface area (Å²) in [6.07, 6.45) is 0. The molecule has 0 radical (unpaired) electrons. The molecule has 0 amide bonds. The molecule has 0 bridgehead atoms. The number of aryl methyl sites for hydroxylation is 1. The standard InChI is InChI=1S/C11H17NO/c1-3-12-7-8-13-11-6-4-5-10(2)9-11/h4-6,9,12H,3,7-8H2,1-2H3. The average Bonchev–Trinajstić information content (AvgIpc) is 2.13. The van der Waals surface area contributed by atoms with Crippen molar-refractivity contribution in [1.82, 2.24) is 5.32 Å². The van der Waals surface area contributed by atoms with Gasteiger partial charge in [-0.25, -0.2) is 0 Å². The zero-order valence-corrected chi connectivity index (χ0v) is 8.34. The predicted octanol–water partition coefficient (Wildman–Crippen LogP) is 1.98. The average molecular weight is 179 g/mol. The number of nitrogens with one attached hydrogen (secondary N) is 1. The van der Waals surface area contributed by atoms with Crippen molar-refractivity contribution in [2.24, 2.45) is 0 Å². The minimum absolute atomic E-state index is 0.733. The van der Waals surface area contributed by atoms with Gasteiger partial charge in [-0.15, -0.1) is 0 Å². The van der Waals surface area contributed by atoms with Crippen LogP contribution in [0.4, 0.5) is 0 Å². The van der Waals surface area contributed by atoms with Crippen molar-refractivity contribution in [3.05, 3.63) is 29.8 Å². The van der Waals surface area contributed by atoms with E-state index in [9.17, 15) is 0 Å². The minimum Gasteiger partial charge on any atom is -0.492 e. The van der Waals surface area contributed by atoms with E-state index in [0.717, 1.165) is 25.4 Å². The molecule has 1 aromatic carbocycles. The van der Waals surface area contributed by atoms with Crippen molar-refractivity contribution in [2.75, 3.05) is 19.7 Å². The highest BCUT2D eigenvalue weighted by Crippen LogP contribution is 2.11. The first-order chi connectivity index (χ1) is 6.33. The maximum atomic E-state index is 5.53. The molecule has 0 saturated carbocycles. The summed E-state index contributed by atoms with van der Waals surface area (Å²) in [6.45, 7) is 6.79. The Balaban J connectivity index is 2.28. The molecule has 1 N–H and O–H groups in total. The summed E-state index contributed by atoms with van der Waals surface area (Å²) in [5.41, 5.74) is 1.24. The molecule has 0 unspecified atom stereocenters. The van der Waals surface area contributed by atoms with Crippen LogP contribution in [-0.4, -0.2) is 19.7 Å². The maximum absolute atomic E-state index is 5.53. The Morgan fingerprint density at radius 3 is 2.92 bits per heavy atom. The van der Waals surface area contributed by atoms with E-state index in [2.05, 4.69) is 25.2 Å². The van der Waals surface area contributed by atoms with Gasteiger partial charge in [0.2, 0.25) is 0 Å². The SMILES string of the molecule is CCNCCOc1cccc(C)c1. The molecule has 0 saturated heterocycles. The van der Waals surface area contributed by atoms with E-state index < -0.39 is 0 Å². The Hall–Kier alpha value is -1.02. The number of hydrogen-bond acceptors (Lipinski definition) is 2. The largest absolute Gasteiger partial charge is 0.492 e. The zero-order chi connectivity index (χ0) is 9.52. The molecule has 0 aromatic heterocycles. The minimum atomic E-state index is 0.733. The molecular formula is C11H17NO. The van der Waals surface area contributed by atoms with E-state index in [1.165, 1.54) is 5.56 Å². The van der Waals surface area contributed by atoms with Crippen LogP contribution in [0.15, 0.2) is 24.3 Å². The lowest BCUT2D eigenvalue weighted by molar-refractivity contribution is 0.315. The van der Waals surface area contributed by atoms with Crippen LogP contribution in [0.1, 0.15) is 12.5 Å². The van der Waals surface area contributed by atoms with Gasteiger partial charge in [-0.3, -0.25) is 0 Å². The molecule has 2 heteroatoms. The summed E-state index contributed by atoms with van der Waals surface area (Å²) >= 11 is 0. The van der Waals surface area contributed by atoms with Gasteiger partial charge >= 0.3 is 0 Å². The fourth-order valence-electron chi connectivity index (χ4n) is 1.12. The van der Waals surface area contributed by atoms with Gasteiger partial charge in [0.05, 0.1) is 0 Å². The normalized spacial score (nSPS) is 10.0. The third-order valence-corrected chi connectivity index (χ3v) is 1.79.